The van der Waals surface area contributed by atoms with E-state index in [1.54, 1.807) is 6.07 Å². The van der Waals surface area contributed by atoms with E-state index in [4.69, 9.17) is 0 Å². The second-order valence-electron chi connectivity index (χ2n) is 6.88. The molecule has 2 heterocycles. The first-order valence-electron chi connectivity index (χ1n) is 9.21. The number of aromatic nitrogens is 3. The molecule has 1 aliphatic carbocycles. The molecule has 2 aromatic heterocycles. The molecule has 1 N–H and O–H groups in total. The molecule has 0 atom stereocenters. The van der Waals surface area contributed by atoms with Gasteiger partial charge in [-0.15, -0.1) is 0 Å². The van der Waals surface area contributed by atoms with Crippen LogP contribution in [-0.4, -0.2) is 26.8 Å². The molecular formula is C20H21BrN4O2. The van der Waals surface area contributed by atoms with Gasteiger partial charge in [0, 0.05) is 40.7 Å². The second kappa shape index (κ2) is 7.68. The van der Waals surface area contributed by atoms with Crippen LogP contribution in [0.1, 0.15) is 24.1 Å². The summed E-state index contributed by atoms with van der Waals surface area (Å²) >= 11 is 3.47. The highest BCUT2D eigenvalue weighted by atomic mass is 79.9. The van der Waals surface area contributed by atoms with Gasteiger partial charge in [-0.1, -0.05) is 15.9 Å². The molecule has 1 amide bonds. The molecular weight excluding hydrogens is 408 g/mol. The molecule has 0 saturated heterocycles. The fourth-order valence-corrected chi connectivity index (χ4v) is 3.97. The smallest absolute Gasteiger partial charge is 0.267 e. The Kier molecular flexibility index (Phi) is 5.11. The Balaban J connectivity index is 1.36. The van der Waals surface area contributed by atoms with E-state index in [9.17, 15) is 9.59 Å². The molecule has 3 aromatic rings. The average molecular weight is 429 g/mol. The van der Waals surface area contributed by atoms with Crippen LogP contribution in [0.25, 0.3) is 10.9 Å². The Morgan fingerprint density at radius 3 is 2.93 bits per heavy atom. The highest BCUT2D eigenvalue weighted by Crippen LogP contribution is 2.20. The van der Waals surface area contributed by atoms with Gasteiger partial charge in [0.25, 0.3) is 5.56 Å². The summed E-state index contributed by atoms with van der Waals surface area (Å²) in [6, 6.07) is 9.82. The molecule has 0 radical (unpaired) electrons. The van der Waals surface area contributed by atoms with Crippen molar-refractivity contribution in [3.63, 3.8) is 0 Å². The first-order chi connectivity index (χ1) is 13.1. The largest absolute Gasteiger partial charge is 0.353 e. The predicted octanol–water partition coefficient (Wildman–Crippen LogP) is 2.66. The van der Waals surface area contributed by atoms with Crippen LogP contribution >= 0.6 is 15.9 Å². The maximum atomic E-state index is 12.2. The molecule has 0 aliphatic heterocycles. The van der Waals surface area contributed by atoms with Gasteiger partial charge >= 0.3 is 0 Å². The number of carbonyl (C=O) groups excluding carboxylic acids is 1. The molecule has 4 rings (SSSR count). The number of fused-ring (bicyclic) bond motifs is 2. The second-order valence-corrected chi connectivity index (χ2v) is 7.80. The van der Waals surface area contributed by atoms with Crippen molar-refractivity contribution in [3.05, 3.63) is 62.6 Å². The highest BCUT2D eigenvalue weighted by Gasteiger charge is 2.14. The van der Waals surface area contributed by atoms with E-state index in [2.05, 4.69) is 49.1 Å². The van der Waals surface area contributed by atoms with E-state index in [0.29, 0.717) is 13.1 Å². The molecule has 0 fully saturated rings. The van der Waals surface area contributed by atoms with E-state index in [1.807, 2.05) is 12.3 Å². The van der Waals surface area contributed by atoms with Crippen LogP contribution in [0.2, 0.25) is 0 Å². The number of amides is 1. The zero-order chi connectivity index (χ0) is 18.8. The Morgan fingerprint density at radius 1 is 1.19 bits per heavy atom. The Labute approximate surface area is 165 Å². The normalized spacial score (nSPS) is 13.5. The summed E-state index contributed by atoms with van der Waals surface area (Å²) in [5, 5.41) is 8.43. The maximum absolute atomic E-state index is 12.2. The Morgan fingerprint density at radius 2 is 2.04 bits per heavy atom. The summed E-state index contributed by atoms with van der Waals surface area (Å²) in [6.45, 7) is 1.13. The van der Waals surface area contributed by atoms with E-state index < -0.39 is 0 Å². The van der Waals surface area contributed by atoms with Crippen molar-refractivity contribution in [2.24, 2.45) is 0 Å². The minimum atomic E-state index is -0.201. The zero-order valence-corrected chi connectivity index (χ0v) is 16.5. The number of benzene rings is 1. The minimum Gasteiger partial charge on any atom is -0.353 e. The predicted molar refractivity (Wildman–Crippen MR) is 108 cm³/mol. The summed E-state index contributed by atoms with van der Waals surface area (Å²) < 4.78 is 4.43. The van der Waals surface area contributed by atoms with Crippen molar-refractivity contribution in [1.82, 2.24) is 19.7 Å². The van der Waals surface area contributed by atoms with E-state index in [-0.39, 0.29) is 18.0 Å². The fourth-order valence-electron chi connectivity index (χ4n) is 3.59. The quantitative estimate of drug-likeness (QED) is 0.678. The van der Waals surface area contributed by atoms with Crippen LogP contribution in [0.3, 0.4) is 0 Å². The standard InChI is InChI=1S/C20H21BrN4O2/c21-16-5-6-18-15(11-16)7-9-24(18)10-8-22-19(26)13-25-20(27)12-14-3-1-2-4-17(14)23-25/h5-7,9,11-12H,1-4,8,10,13H2,(H,22,26). The lowest BCUT2D eigenvalue weighted by molar-refractivity contribution is -0.121. The lowest BCUT2D eigenvalue weighted by Gasteiger charge is -2.15. The molecule has 0 bridgehead atoms. The van der Waals surface area contributed by atoms with E-state index in [1.165, 1.54) is 4.68 Å². The van der Waals surface area contributed by atoms with Crippen LogP contribution in [0, 0.1) is 0 Å². The third-order valence-corrected chi connectivity index (χ3v) is 5.47. The number of nitrogens with one attached hydrogen (secondary N) is 1. The van der Waals surface area contributed by atoms with Crippen molar-refractivity contribution in [2.45, 2.75) is 38.8 Å². The van der Waals surface area contributed by atoms with Gasteiger partial charge in [0.05, 0.1) is 5.69 Å². The van der Waals surface area contributed by atoms with Gasteiger partial charge in [-0.3, -0.25) is 9.59 Å². The van der Waals surface area contributed by atoms with E-state index >= 15 is 0 Å². The van der Waals surface area contributed by atoms with Crippen LogP contribution in [0.4, 0.5) is 0 Å². The SMILES string of the molecule is O=C(Cn1nc2c(cc1=O)CCCC2)NCCn1ccc2cc(Br)ccc21. The van der Waals surface area contributed by atoms with Gasteiger partial charge in [-0.25, -0.2) is 4.68 Å². The summed E-state index contributed by atoms with van der Waals surface area (Å²) in [7, 11) is 0. The molecule has 1 aromatic carbocycles. The number of carbonyl (C=O) groups is 1. The number of hydrogen-bond donors (Lipinski definition) is 1. The molecule has 0 spiro atoms. The Hall–Kier alpha value is -2.41. The monoisotopic (exact) mass is 428 g/mol. The Bertz CT molecular complexity index is 1050. The van der Waals surface area contributed by atoms with Crippen LogP contribution < -0.4 is 10.9 Å². The van der Waals surface area contributed by atoms with Crippen molar-refractivity contribution in [2.75, 3.05) is 6.54 Å². The van der Waals surface area contributed by atoms with Gasteiger partial charge < -0.3 is 9.88 Å². The number of nitrogens with zero attached hydrogens (tertiary/aromatic N) is 3. The van der Waals surface area contributed by atoms with E-state index in [0.717, 1.165) is 52.3 Å². The molecule has 1 aliphatic rings. The molecule has 27 heavy (non-hydrogen) atoms. The summed E-state index contributed by atoms with van der Waals surface area (Å²) in [5.41, 5.74) is 2.92. The molecule has 7 heteroatoms. The topological polar surface area (TPSA) is 68.9 Å². The summed E-state index contributed by atoms with van der Waals surface area (Å²) in [5.74, 6) is -0.195. The first kappa shape index (κ1) is 18.0. The fraction of sp³-hybridized carbons (Fsp3) is 0.350. The van der Waals surface area contributed by atoms with Crippen LogP contribution in [-0.2, 0) is 30.7 Å². The van der Waals surface area contributed by atoms with Crippen LogP contribution in [0.15, 0.2) is 45.8 Å². The molecule has 0 unspecified atom stereocenters. The third-order valence-electron chi connectivity index (χ3n) is 4.98. The number of halogens is 1. The molecule has 140 valence electrons. The number of rotatable bonds is 5. The number of aryl methyl sites for hydroxylation is 2. The van der Waals surface area contributed by atoms with Crippen molar-refractivity contribution < 1.29 is 4.79 Å². The van der Waals surface area contributed by atoms with Gasteiger partial charge in [0.1, 0.15) is 6.54 Å². The average Bonchev–Trinajstić information content (AvgIpc) is 3.04. The lowest BCUT2D eigenvalue weighted by Crippen LogP contribution is -2.36. The summed E-state index contributed by atoms with van der Waals surface area (Å²) in [6.07, 6.45) is 5.99. The van der Waals surface area contributed by atoms with Gasteiger partial charge in [-0.05, 0) is 55.5 Å². The maximum Gasteiger partial charge on any atom is 0.267 e. The zero-order valence-electron chi connectivity index (χ0n) is 14.9. The highest BCUT2D eigenvalue weighted by molar-refractivity contribution is 9.10. The van der Waals surface area contributed by atoms with Crippen molar-refractivity contribution in [3.8, 4) is 0 Å². The van der Waals surface area contributed by atoms with Gasteiger partial charge in [0.15, 0.2) is 0 Å². The van der Waals surface area contributed by atoms with Crippen LogP contribution in [0.5, 0.6) is 0 Å². The molecule has 0 saturated carbocycles. The van der Waals surface area contributed by atoms with Crippen molar-refractivity contribution in [1.29, 1.82) is 0 Å². The number of hydrogen-bond acceptors (Lipinski definition) is 3. The minimum absolute atomic E-state index is 0.0362. The summed E-state index contributed by atoms with van der Waals surface area (Å²) in [4.78, 5) is 24.4. The van der Waals surface area contributed by atoms with Crippen molar-refractivity contribution >= 4 is 32.7 Å². The first-order valence-corrected chi connectivity index (χ1v) is 10.0. The third kappa shape index (κ3) is 3.98. The van der Waals surface area contributed by atoms with Gasteiger partial charge in [-0.2, -0.15) is 5.10 Å². The molecule has 6 nitrogen and oxygen atoms in total. The van der Waals surface area contributed by atoms with Gasteiger partial charge in [0.2, 0.25) is 5.91 Å². The lowest BCUT2D eigenvalue weighted by atomic mass is 9.97.